The minimum absolute atomic E-state index is 0.152. The fourth-order valence-electron chi connectivity index (χ4n) is 5.17. The summed E-state index contributed by atoms with van der Waals surface area (Å²) in [5, 5.41) is 53.7. The quantitative estimate of drug-likeness (QED) is 0.0582. The van der Waals surface area contributed by atoms with Crippen LogP contribution in [-0.4, -0.2) is 87.5 Å². The molecule has 1 rings (SSSR count). The van der Waals surface area contributed by atoms with Crippen LogP contribution in [0.1, 0.15) is 123 Å². The summed E-state index contributed by atoms with van der Waals surface area (Å²) >= 11 is 0. The van der Waals surface area contributed by atoms with Crippen molar-refractivity contribution in [3.8, 4) is 0 Å². The van der Waals surface area contributed by atoms with Gasteiger partial charge in [0, 0.05) is 6.42 Å². The van der Waals surface area contributed by atoms with Gasteiger partial charge in [-0.1, -0.05) is 108 Å². The second-order valence-corrected chi connectivity index (χ2v) is 11.9. The number of amides is 1. The number of carbonyl (C=O) groups excluding carboxylic acids is 1. The van der Waals surface area contributed by atoms with Gasteiger partial charge in [0.25, 0.3) is 0 Å². The maximum atomic E-state index is 12.8. The lowest BCUT2D eigenvalue weighted by Gasteiger charge is -2.40. The number of hydrogen-bond acceptors (Lipinski definition) is 8. The van der Waals surface area contributed by atoms with E-state index in [0.717, 1.165) is 64.2 Å². The first-order valence-corrected chi connectivity index (χ1v) is 17.2. The normalized spacial score (nSPS) is 24.0. The minimum Gasteiger partial charge on any atom is -0.394 e. The molecule has 1 aliphatic rings. The molecule has 7 unspecified atom stereocenters. The molecular weight excluding hydrogens is 562 g/mol. The summed E-state index contributed by atoms with van der Waals surface area (Å²) in [6.07, 6.45) is 21.7. The average Bonchev–Trinajstić information content (AvgIpc) is 3.02. The first-order valence-electron chi connectivity index (χ1n) is 17.2. The summed E-state index contributed by atoms with van der Waals surface area (Å²) < 4.78 is 11.1. The molecule has 0 saturated carbocycles. The van der Waals surface area contributed by atoms with Gasteiger partial charge in [0.2, 0.25) is 5.91 Å². The van der Waals surface area contributed by atoms with Gasteiger partial charge < -0.3 is 40.3 Å². The predicted octanol–water partition coefficient (Wildman–Crippen LogP) is 4.99. The van der Waals surface area contributed by atoms with Crippen molar-refractivity contribution in [2.24, 2.45) is 0 Å². The van der Waals surface area contributed by atoms with Crippen LogP contribution in [0.25, 0.3) is 0 Å². The van der Waals surface area contributed by atoms with Crippen LogP contribution in [0.15, 0.2) is 36.5 Å². The fraction of sp³-hybridized carbons (Fsp3) is 0.800. The molecule has 9 heteroatoms. The molecule has 7 atom stereocenters. The highest BCUT2D eigenvalue weighted by Crippen LogP contribution is 2.22. The molecule has 0 aromatic heterocycles. The highest BCUT2D eigenvalue weighted by Gasteiger charge is 2.44. The average molecular weight is 626 g/mol. The van der Waals surface area contributed by atoms with Crippen molar-refractivity contribution in [1.29, 1.82) is 0 Å². The molecule has 1 heterocycles. The van der Waals surface area contributed by atoms with E-state index in [0.29, 0.717) is 12.8 Å². The van der Waals surface area contributed by atoms with Gasteiger partial charge in [0.05, 0.1) is 25.4 Å². The van der Waals surface area contributed by atoms with Crippen LogP contribution in [0.4, 0.5) is 0 Å². The molecule has 1 aliphatic heterocycles. The highest BCUT2D eigenvalue weighted by molar-refractivity contribution is 5.76. The van der Waals surface area contributed by atoms with Crippen molar-refractivity contribution >= 4 is 5.91 Å². The van der Waals surface area contributed by atoms with Crippen LogP contribution in [0.2, 0.25) is 0 Å². The van der Waals surface area contributed by atoms with E-state index in [4.69, 9.17) is 9.47 Å². The van der Waals surface area contributed by atoms with Crippen molar-refractivity contribution in [3.05, 3.63) is 36.5 Å². The third kappa shape index (κ3) is 18.4. The number of ether oxygens (including phenoxy) is 2. The van der Waals surface area contributed by atoms with Crippen molar-refractivity contribution in [3.63, 3.8) is 0 Å². The Kier molecular flexibility index (Phi) is 24.5. The molecule has 0 spiro atoms. The van der Waals surface area contributed by atoms with Crippen molar-refractivity contribution < 1.29 is 39.8 Å². The van der Waals surface area contributed by atoms with E-state index in [1.165, 1.54) is 32.1 Å². The lowest BCUT2D eigenvalue weighted by molar-refractivity contribution is -0.302. The van der Waals surface area contributed by atoms with Crippen LogP contribution >= 0.6 is 0 Å². The molecule has 1 saturated heterocycles. The van der Waals surface area contributed by atoms with E-state index in [9.17, 15) is 30.3 Å². The molecule has 0 aliphatic carbocycles. The fourth-order valence-corrected chi connectivity index (χ4v) is 5.17. The molecule has 0 aromatic rings. The van der Waals surface area contributed by atoms with Crippen LogP contribution in [-0.2, 0) is 14.3 Å². The van der Waals surface area contributed by atoms with E-state index in [-0.39, 0.29) is 12.5 Å². The van der Waals surface area contributed by atoms with Gasteiger partial charge in [-0.2, -0.15) is 0 Å². The molecule has 256 valence electrons. The number of rotatable bonds is 26. The number of allylic oxidation sites excluding steroid dienone is 6. The Morgan fingerprint density at radius 2 is 1.41 bits per heavy atom. The van der Waals surface area contributed by atoms with Gasteiger partial charge in [-0.15, -0.1) is 0 Å². The number of carbonyl (C=O) groups is 1. The second-order valence-electron chi connectivity index (χ2n) is 11.9. The van der Waals surface area contributed by atoms with Crippen LogP contribution in [0.5, 0.6) is 0 Å². The Labute approximate surface area is 266 Å². The van der Waals surface area contributed by atoms with Gasteiger partial charge in [-0.25, -0.2) is 0 Å². The minimum atomic E-state index is -1.56. The predicted molar refractivity (Wildman–Crippen MR) is 175 cm³/mol. The van der Waals surface area contributed by atoms with Crippen molar-refractivity contribution in [2.75, 3.05) is 13.2 Å². The molecule has 0 radical (unpaired) electrons. The third-order valence-corrected chi connectivity index (χ3v) is 8.01. The number of aliphatic hydroxyl groups excluding tert-OH is 5. The van der Waals surface area contributed by atoms with Crippen molar-refractivity contribution in [1.82, 2.24) is 5.32 Å². The maximum absolute atomic E-state index is 12.8. The van der Waals surface area contributed by atoms with Gasteiger partial charge in [0.1, 0.15) is 24.4 Å². The zero-order chi connectivity index (χ0) is 32.4. The van der Waals surface area contributed by atoms with Gasteiger partial charge in [0.15, 0.2) is 6.29 Å². The molecule has 1 fully saturated rings. The van der Waals surface area contributed by atoms with E-state index >= 15 is 0 Å². The lowest BCUT2D eigenvalue weighted by atomic mass is 9.99. The first kappa shape index (κ1) is 40.4. The summed E-state index contributed by atoms with van der Waals surface area (Å²) in [6, 6.07) is -0.729. The maximum Gasteiger partial charge on any atom is 0.220 e. The topological polar surface area (TPSA) is 149 Å². The monoisotopic (exact) mass is 625 g/mol. The lowest BCUT2D eigenvalue weighted by Crippen LogP contribution is -2.60. The summed E-state index contributed by atoms with van der Waals surface area (Å²) in [7, 11) is 0. The Morgan fingerprint density at radius 1 is 0.795 bits per heavy atom. The number of unbranched alkanes of at least 4 members (excludes halogenated alkanes) is 10. The second kappa shape index (κ2) is 26.6. The standard InChI is InChI=1S/C35H63NO8/c1-3-5-7-9-11-13-14-15-16-17-19-21-23-25-31(39)36-28(29(38)24-22-20-18-12-10-8-6-4-2)27-43-35-34(42)33(41)32(40)30(26-37)44-35/h5,7,11,13,15-16,28-30,32-35,37-38,40-42H,3-4,6,8-10,12,14,17-27H2,1-2H3,(H,36,39)/b7-5-,13-11-,16-15-. The molecule has 6 N–H and O–H groups in total. The summed E-state index contributed by atoms with van der Waals surface area (Å²) in [5.41, 5.74) is 0. The molecule has 44 heavy (non-hydrogen) atoms. The van der Waals surface area contributed by atoms with E-state index in [2.05, 4.69) is 55.6 Å². The zero-order valence-electron chi connectivity index (χ0n) is 27.4. The summed E-state index contributed by atoms with van der Waals surface area (Å²) in [4.78, 5) is 12.8. The Morgan fingerprint density at radius 3 is 2.07 bits per heavy atom. The molecule has 0 aromatic carbocycles. The largest absolute Gasteiger partial charge is 0.394 e. The SMILES string of the molecule is CC/C=C\C/C=C\C/C=C\CCCCCC(=O)NC(COC1OC(CO)C(O)C(O)C1O)C(O)CCCCCCCCCC. The van der Waals surface area contributed by atoms with Gasteiger partial charge >= 0.3 is 0 Å². The van der Waals surface area contributed by atoms with Crippen LogP contribution in [0.3, 0.4) is 0 Å². The molecule has 1 amide bonds. The van der Waals surface area contributed by atoms with E-state index in [1.807, 2.05) is 0 Å². The van der Waals surface area contributed by atoms with Crippen LogP contribution < -0.4 is 5.32 Å². The van der Waals surface area contributed by atoms with Crippen LogP contribution in [0, 0.1) is 0 Å². The summed E-state index contributed by atoms with van der Waals surface area (Å²) in [5.74, 6) is -0.180. The Hall–Kier alpha value is -1.59. The van der Waals surface area contributed by atoms with E-state index < -0.39 is 49.5 Å². The van der Waals surface area contributed by atoms with Gasteiger partial charge in [-0.3, -0.25) is 4.79 Å². The zero-order valence-corrected chi connectivity index (χ0v) is 27.4. The highest BCUT2D eigenvalue weighted by atomic mass is 16.7. The molecule has 0 bridgehead atoms. The van der Waals surface area contributed by atoms with Crippen molar-refractivity contribution in [2.45, 2.75) is 166 Å². The number of aliphatic hydroxyl groups is 5. The molecule has 9 nitrogen and oxygen atoms in total. The third-order valence-electron chi connectivity index (χ3n) is 8.01. The number of hydrogen-bond donors (Lipinski definition) is 6. The Bertz CT molecular complexity index is 787. The molecular formula is C35H63NO8. The first-order chi connectivity index (χ1) is 21.3. The van der Waals surface area contributed by atoms with E-state index in [1.54, 1.807) is 0 Å². The smallest absolute Gasteiger partial charge is 0.220 e. The summed E-state index contributed by atoms with van der Waals surface area (Å²) in [6.45, 7) is 3.62. The van der Waals surface area contributed by atoms with Gasteiger partial charge in [-0.05, 0) is 44.9 Å². The number of nitrogens with one attached hydrogen (secondary N) is 1. The Balaban J connectivity index is 2.49.